The van der Waals surface area contributed by atoms with E-state index in [1.54, 1.807) is 0 Å². The molecule has 4 aliphatic carbocycles. The van der Waals surface area contributed by atoms with Gasteiger partial charge in [0.25, 0.3) is 0 Å². The number of hydrogen-bond acceptors (Lipinski definition) is 2. The summed E-state index contributed by atoms with van der Waals surface area (Å²) in [7, 11) is 0. The van der Waals surface area contributed by atoms with Gasteiger partial charge in [0.2, 0.25) is 0 Å². The molecule has 2 unspecified atom stereocenters. The molecule has 0 aromatic carbocycles. The molecule has 4 aliphatic rings. The zero-order valence-corrected chi connectivity index (χ0v) is 23.5. The quantitative estimate of drug-likeness (QED) is 0.313. The highest BCUT2D eigenvalue weighted by Gasteiger charge is 2.60. The van der Waals surface area contributed by atoms with Crippen molar-refractivity contribution >= 4 is 5.97 Å². The van der Waals surface area contributed by atoms with Gasteiger partial charge in [-0.1, -0.05) is 67.2 Å². The average Bonchev–Trinajstić information content (AvgIpc) is 3.15. The molecule has 0 aromatic heterocycles. The van der Waals surface area contributed by atoms with Gasteiger partial charge in [-0.2, -0.15) is 0 Å². The number of hydrogen-bond donors (Lipinski definition) is 0. The van der Waals surface area contributed by atoms with Crippen LogP contribution in [0, 0.1) is 52.3 Å². The zero-order valence-electron chi connectivity index (χ0n) is 23.5. The third-order valence-electron chi connectivity index (χ3n) is 11.9. The molecule has 0 saturated heterocycles. The fourth-order valence-corrected chi connectivity index (χ4v) is 9.92. The van der Waals surface area contributed by atoms with Crippen molar-refractivity contribution in [3.8, 4) is 0 Å². The summed E-state index contributed by atoms with van der Waals surface area (Å²) in [6.45, 7) is 14.8. The molecule has 4 saturated carbocycles. The Bertz CT molecular complexity index is 684. The Labute approximate surface area is 211 Å². The molecule has 0 amide bonds. The maximum Gasteiger partial charge on any atom is 0.306 e. The van der Waals surface area contributed by atoms with Crippen LogP contribution in [-0.4, -0.2) is 12.1 Å². The molecule has 0 radical (unpaired) electrons. The van der Waals surface area contributed by atoms with Crippen molar-refractivity contribution < 1.29 is 9.53 Å². The van der Waals surface area contributed by atoms with Gasteiger partial charge >= 0.3 is 5.97 Å². The molecule has 9 atom stereocenters. The lowest BCUT2D eigenvalue weighted by Crippen LogP contribution is -2.54. The summed E-state index contributed by atoms with van der Waals surface area (Å²) in [5.41, 5.74) is 1.07. The standard InChI is InChI=1S/C32H56O2/c1-7-8-12-30(33)34-25-17-19-31(5)24(21-25)13-14-26-28-16-15-27(23(4)11-9-10-22(2)3)32(28,6)20-18-29(26)31/h22-29H,7-21H2,1-6H3/t23-,24?,25?,26+,27-,28+,29+,31+,32-/m1/s1. The number of carbonyl (C=O) groups is 1. The summed E-state index contributed by atoms with van der Waals surface area (Å²) in [5.74, 6) is 6.35. The predicted octanol–water partition coefficient (Wildman–Crippen LogP) is 9.21. The second kappa shape index (κ2) is 10.8. The second-order valence-corrected chi connectivity index (χ2v) is 14.2. The second-order valence-electron chi connectivity index (χ2n) is 14.2. The first-order valence-electron chi connectivity index (χ1n) is 15.4. The summed E-state index contributed by atoms with van der Waals surface area (Å²) in [4.78, 5) is 12.3. The van der Waals surface area contributed by atoms with Crippen LogP contribution in [0.2, 0.25) is 0 Å². The van der Waals surface area contributed by atoms with E-state index in [1.807, 2.05) is 0 Å². The number of carbonyl (C=O) groups excluding carboxylic acids is 1. The van der Waals surface area contributed by atoms with Crippen LogP contribution < -0.4 is 0 Å². The molecule has 4 fully saturated rings. The molecular formula is C32H56O2. The first-order chi connectivity index (χ1) is 16.2. The van der Waals surface area contributed by atoms with Crippen LogP contribution in [0.1, 0.15) is 138 Å². The van der Waals surface area contributed by atoms with Crippen LogP contribution in [0.3, 0.4) is 0 Å². The van der Waals surface area contributed by atoms with Crippen molar-refractivity contribution in [2.24, 2.45) is 52.3 Å². The number of unbranched alkanes of at least 4 members (excludes halogenated alkanes) is 1. The van der Waals surface area contributed by atoms with Gasteiger partial charge < -0.3 is 4.74 Å². The Morgan fingerprint density at radius 2 is 1.62 bits per heavy atom. The van der Waals surface area contributed by atoms with E-state index < -0.39 is 0 Å². The molecule has 4 rings (SSSR count). The number of fused-ring (bicyclic) bond motifs is 5. The molecular weight excluding hydrogens is 416 g/mol. The Balaban J connectivity index is 1.38. The first-order valence-corrected chi connectivity index (χ1v) is 15.4. The SMILES string of the molecule is CCCCC(=O)OC1CC[C@@]2(C)C(CC[C@H]3[C@@H]4CC[C@H]([C@H](C)CCCC(C)C)[C@@]4(C)CC[C@@H]32)C1. The maximum absolute atomic E-state index is 12.3. The topological polar surface area (TPSA) is 26.3 Å². The average molecular weight is 473 g/mol. The highest BCUT2D eigenvalue weighted by Crippen LogP contribution is 2.68. The van der Waals surface area contributed by atoms with Gasteiger partial charge in [-0.15, -0.1) is 0 Å². The van der Waals surface area contributed by atoms with Gasteiger partial charge in [0, 0.05) is 6.42 Å². The van der Waals surface area contributed by atoms with Crippen LogP contribution in [0.5, 0.6) is 0 Å². The molecule has 196 valence electrons. The van der Waals surface area contributed by atoms with Crippen LogP contribution in [0.15, 0.2) is 0 Å². The van der Waals surface area contributed by atoms with Crippen molar-refractivity contribution in [2.45, 2.75) is 144 Å². The van der Waals surface area contributed by atoms with E-state index in [2.05, 4.69) is 41.5 Å². The maximum atomic E-state index is 12.3. The fourth-order valence-electron chi connectivity index (χ4n) is 9.92. The molecule has 34 heavy (non-hydrogen) atoms. The minimum absolute atomic E-state index is 0.0529. The monoisotopic (exact) mass is 472 g/mol. The first kappa shape index (κ1) is 26.5. The molecule has 0 aliphatic heterocycles. The van der Waals surface area contributed by atoms with Gasteiger partial charge in [-0.3, -0.25) is 4.79 Å². The van der Waals surface area contributed by atoms with Crippen molar-refractivity contribution in [3.63, 3.8) is 0 Å². The Hall–Kier alpha value is -0.530. The highest BCUT2D eigenvalue weighted by molar-refractivity contribution is 5.69. The number of esters is 1. The minimum atomic E-state index is 0.0529. The number of ether oxygens (including phenoxy) is 1. The van der Waals surface area contributed by atoms with Crippen molar-refractivity contribution in [1.29, 1.82) is 0 Å². The van der Waals surface area contributed by atoms with Crippen molar-refractivity contribution in [1.82, 2.24) is 0 Å². The lowest BCUT2D eigenvalue weighted by molar-refractivity contribution is -0.162. The zero-order chi connectivity index (χ0) is 24.5. The fraction of sp³-hybridized carbons (Fsp3) is 0.969. The van der Waals surface area contributed by atoms with Gasteiger partial charge in [-0.05, 0) is 116 Å². The van der Waals surface area contributed by atoms with Gasteiger partial charge in [-0.25, -0.2) is 0 Å². The van der Waals surface area contributed by atoms with Crippen LogP contribution in [0.25, 0.3) is 0 Å². The Morgan fingerprint density at radius 3 is 2.35 bits per heavy atom. The van der Waals surface area contributed by atoms with Crippen LogP contribution in [-0.2, 0) is 9.53 Å². The Morgan fingerprint density at radius 1 is 0.882 bits per heavy atom. The molecule has 2 nitrogen and oxygen atoms in total. The van der Waals surface area contributed by atoms with Gasteiger partial charge in [0.05, 0.1) is 0 Å². The van der Waals surface area contributed by atoms with E-state index in [1.165, 1.54) is 64.2 Å². The molecule has 0 heterocycles. The van der Waals surface area contributed by atoms with Gasteiger partial charge in [0.15, 0.2) is 0 Å². The number of rotatable bonds is 9. The summed E-state index contributed by atoms with van der Waals surface area (Å²) >= 11 is 0. The summed E-state index contributed by atoms with van der Waals surface area (Å²) < 4.78 is 5.96. The third kappa shape index (κ3) is 5.13. The van der Waals surface area contributed by atoms with Gasteiger partial charge in [0.1, 0.15) is 6.10 Å². The summed E-state index contributed by atoms with van der Waals surface area (Å²) in [5, 5.41) is 0. The molecule has 0 spiro atoms. The molecule has 2 heteroatoms. The van der Waals surface area contributed by atoms with E-state index >= 15 is 0 Å². The van der Waals surface area contributed by atoms with E-state index in [-0.39, 0.29) is 12.1 Å². The van der Waals surface area contributed by atoms with E-state index in [4.69, 9.17) is 4.74 Å². The molecule has 0 bridgehead atoms. The third-order valence-corrected chi connectivity index (χ3v) is 11.9. The normalized spacial score (nSPS) is 42.6. The smallest absolute Gasteiger partial charge is 0.306 e. The minimum Gasteiger partial charge on any atom is -0.462 e. The van der Waals surface area contributed by atoms with Crippen molar-refractivity contribution in [2.75, 3.05) is 0 Å². The highest BCUT2D eigenvalue weighted by atomic mass is 16.5. The van der Waals surface area contributed by atoms with Crippen molar-refractivity contribution in [3.05, 3.63) is 0 Å². The predicted molar refractivity (Wildman–Crippen MR) is 142 cm³/mol. The largest absolute Gasteiger partial charge is 0.462 e. The van der Waals surface area contributed by atoms with E-state index in [9.17, 15) is 4.79 Å². The summed E-state index contributed by atoms with van der Waals surface area (Å²) in [6, 6.07) is 0. The summed E-state index contributed by atoms with van der Waals surface area (Å²) in [6.07, 6.45) is 19.3. The molecule has 0 N–H and O–H groups in total. The molecule has 0 aromatic rings. The van der Waals surface area contributed by atoms with E-state index in [0.29, 0.717) is 17.3 Å². The van der Waals surface area contributed by atoms with E-state index in [0.717, 1.165) is 67.1 Å². The lowest BCUT2D eigenvalue weighted by atomic mass is 9.44. The lowest BCUT2D eigenvalue weighted by Gasteiger charge is -2.61. The Kier molecular flexibility index (Phi) is 8.46. The van der Waals surface area contributed by atoms with Crippen LogP contribution in [0.4, 0.5) is 0 Å². The van der Waals surface area contributed by atoms with Crippen LogP contribution >= 0.6 is 0 Å².